The Labute approximate surface area is 91.1 Å². The highest BCUT2D eigenvalue weighted by atomic mass is 16.1. The smallest absolute Gasteiger partial charge is 0.227 e. The first-order valence-electron chi connectivity index (χ1n) is 5.89. The first-order valence-corrected chi connectivity index (χ1v) is 5.89. The van der Waals surface area contributed by atoms with Crippen molar-refractivity contribution in [3.63, 3.8) is 0 Å². The Balaban J connectivity index is 1.73. The molecule has 2 rings (SSSR count). The summed E-state index contributed by atoms with van der Waals surface area (Å²) in [7, 11) is 0. The molecule has 3 atom stereocenters. The second-order valence-corrected chi connectivity index (χ2v) is 4.98. The van der Waals surface area contributed by atoms with Crippen molar-refractivity contribution in [2.24, 2.45) is 17.6 Å². The fraction of sp³-hybridized carbons (Fsp3) is 0.750. The molecule has 0 bridgehead atoms. The van der Waals surface area contributed by atoms with Gasteiger partial charge in [0.25, 0.3) is 0 Å². The van der Waals surface area contributed by atoms with Crippen LogP contribution in [0.5, 0.6) is 0 Å². The van der Waals surface area contributed by atoms with Crippen LogP contribution in [0.1, 0.15) is 32.6 Å². The van der Waals surface area contributed by atoms with E-state index in [9.17, 15) is 4.79 Å². The molecular weight excluding hydrogens is 188 g/mol. The number of hydrogen-bond donors (Lipinski definition) is 2. The Bertz CT molecular complexity index is 271. The van der Waals surface area contributed by atoms with Gasteiger partial charge in [-0.05, 0) is 25.7 Å². The van der Waals surface area contributed by atoms with Gasteiger partial charge in [-0.3, -0.25) is 4.79 Å². The molecule has 0 aromatic rings. The molecule has 1 amide bonds. The standard InChI is InChI=1S/C12H20N2O/c1-8(6-9-2-3-9)14-12(15)10-4-5-11(13)7-10/h4-5,8-11H,2-3,6-7,13H2,1H3,(H,14,15). The largest absolute Gasteiger partial charge is 0.353 e. The lowest BCUT2D eigenvalue weighted by Gasteiger charge is -2.16. The van der Waals surface area contributed by atoms with E-state index in [1.54, 1.807) is 0 Å². The Morgan fingerprint density at radius 2 is 2.27 bits per heavy atom. The van der Waals surface area contributed by atoms with Crippen molar-refractivity contribution in [1.82, 2.24) is 5.32 Å². The van der Waals surface area contributed by atoms with Gasteiger partial charge in [-0.15, -0.1) is 0 Å². The SMILES string of the molecule is CC(CC1CC1)NC(=O)C1C=CC(N)C1. The summed E-state index contributed by atoms with van der Waals surface area (Å²) in [5, 5.41) is 3.07. The first kappa shape index (κ1) is 10.7. The second-order valence-electron chi connectivity index (χ2n) is 4.98. The summed E-state index contributed by atoms with van der Waals surface area (Å²) in [4.78, 5) is 11.8. The number of carbonyl (C=O) groups is 1. The highest BCUT2D eigenvalue weighted by Crippen LogP contribution is 2.33. The highest BCUT2D eigenvalue weighted by Gasteiger charge is 2.27. The lowest BCUT2D eigenvalue weighted by atomic mass is 10.1. The van der Waals surface area contributed by atoms with Crippen LogP contribution in [0.3, 0.4) is 0 Å². The Morgan fingerprint density at radius 1 is 1.53 bits per heavy atom. The lowest BCUT2D eigenvalue weighted by Crippen LogP contribution is -2.37. The molecule has 1 saturated carbocycles. The molecule has 3 N–H and O–H groups in total. The van der Waals surface area contributed by atoms with Gasteiger partial charge in [0, 0.05) is 12.1 Å². The third-order valence-electron chi connectivity index (χ3n) is 3.23. The van der Waals surface area contributed by atoms with Crippen molar-refractivity contribution < 1.29 is 4.79 Å². The molecule has 3 heteroatoms. The predicted octanol–water partition coefficient (Wildman–Crippen LogP) is 1.19. The minimum atomic E-state index is 0.00153. The highest BCUT2D eigenvalue weighted by molar-refractivity contribution is 5.81. The van der Waals surface area contributed by atoms with Crippen LogP contribution < -0.4 is 11.1 Å². The number of rotatable bonds is 4. The molecule has 3 nitrogen and oxygen atoms in total. The average molecular weight is 208 g/mol. The summed E-state index contributed by atoms with van der Waals surface area (Å²) in [6.45, 7) is 2.09. The molecule has 3 unspecified atom stereocenters. The van der Waals surface area contributed by atoms with Crippen LogP contribution in [0.15, 0.2) is 12.2 Å². The molecule has 0 saturated heterocycles. The van der Waals surface area contributed by atoms with E-state index in [-0.39, 0.29) is 17.9 Å². The number of nitrogens with one attached hydrogen (secondary N) is 1. The maximum absolute atomic E-state index is 11.8. The average Bonchev–Trinajstić information content (AvgIpc) is 2.85. The van der Waals surface area contributed by atoms with Crippen LogP contribution in [-0.4, -0.2) is 18.0 Å². The summed E-state index contributed by atoms with van der Waals surface area (Å²) in [6, 6.07) is 0.384. The van der Waals surface area contributed by atoms with Gasteiger partial charge in [0.2, 0.25) is 5.91 Å². The molecule has 1 fully saturated rings. The summed E-state index contributed by atoms with van der Waals surface area (Å²) >= 11 is 0. The summed E-state index contributed by atoms with van der Waals surface area (Å²) in [5.74, 6) is 1.01. The van der Waals surface area contributed by atoms with Crippen molar-refractivity contribution in [1.29, 1.82) is 0 Å². The molecule has 0 spiro atoms. The molecule has 0 radical (unpaired) electrons. The van der Waals surface area contributed by atoms with Gasteiger partial charge in [-0.2, -0.15) is 0 Å². The van der Waals surface area contributed by atoms with Crippen LogP contribution in [0.25, 0.3) is 0 Å². The van der Waals surface area contributed by atoms with Gasteiger partial charge in [-0.25, -0.2) is 0 Å². The molecule has 2 aliphatic rings. The van der Waals surface area contributed by atoms with Gasteiger partial charge in [0.1, 0.15) is 0 Å². The van der Waals surface area contributed by atoms with Crippen LogP contribution in [0.2, 0.25) is 0 Å². The third kappa shape index (κ3) is 3.06. The molecule has 0 heterocycles. The second kappa shape index (κ2) is 4.35. The number of nitrogens with two attached hydrogens (primary N) is 1. The minimum absolute atomic E-state index is 0.00153. The van der Waals surface area contributed by atoms with Gasteiger partial charge in [0.05, 0.1) is 5.92 Å². The van der Waals surface area contributed by atoms with E-state index in [1.807, 2.05) is 12.2 Å². The molecule has 15 heavy (non-hydrogen) atoms. The van der Waals surface area contributed by atoms with Crippen molar-refractivity contribution in [3.8, 4) is 0 Å². The molecule has 0 aromatic heterocycles. The maximum Gasteiger partial charge on any atom is 0.227 e. The van der Waals surface area contributed by atoms with Crippen molar-refractivity contribution in [2.75, 3.05) is 0 Å². The van der Waals surface area contributed by atoms with Crippen LogP contribution in [-0.2, 0) is 4.79 Å². The van der Waals surface area contributed by atoms with E-state index < -0.39 is 0 Å². The van der Waals surface area contributed by atoms with E-state index in [0.717, 1.165) is 18.8 Å². The fourth-order valence-corrected chi connectivity index (χ4v) is 2.18. The van der Waals surface area contributed by atoms with Crippen molar-refractivity contribution >= 4 is 5.91 Å². The van der Waals surface area contributed by atoms with Crippen molar-refractivity contribution in [2.45, 2.75) is 44.7 Å². The maximum atomic E-state index is 11.8. The van der Waals surface area contributed by atoms with Crippen LogP contribution >= 0.6 is 0 Å². The minimum Gasteiger partial charge on any atom is -0.353 e. The Kier molecular flexibility index (Phi) is 3.10. The third-order valence-corrected chi connectivity index (χ3v) is 3.23. The van der Waals surface area contributed by atoms with E-state index in [2.05, 4.69) is 12.2 Å². The number of carbonyl (C=O) groups excluding carboxylic acids is 1. The molecule has 0 aliphatic heterocycles. The Morgan fingerprint density at radius 3 is 2.80 bits per heavy atom. The zero-order valence-electron chi connectivity index (χ0n) is 9.28. The monoisotopic (exact) mass is 208 g/mol. The number of amides is 1. The molecule has 2 aliphatic carbocycles. The van der Waals surface area contributed by atoms with Gasteiger partial charge in [0.15, 0.2) is 0 Å². The van der Waals surface area contributed by atoms with Gasteiger partial charge >= 0.3 is 0 Å². The topological polar surface area (TPSA) is 55.1 Å². The normalized spacial score (nSPS) is 31.6. The van der Waals surface area contributed by atoms with Crippen LogP contribution in [0, 0.1) is 11.8 Å². The van der Waals surface area contributed by atoms with Crippen molar-refractivity contribution in [3.05, 3.63) is 12.2 Å². The lowest BCUT2D eigenvalue weighted by molar-refractivity contribution is -0.124. The summed E-state index contributed by atoms with van der Waals surface area (Å²) < 4.78 is 0. The van der Waals surface area contributed by atoms with E-state index in [4.69, 9.17) is 5.73 Å². The molecule has 0 aromatic carbocycles. The van der Waals surface area contributed by atoms with Crippen LogP contribution in [0.4, 0.5) is 0 Å². The predicted molar refractivity (Wildman–Crippen MR) is 60.2 cm³/mol. The summed E-state index contributed by atoms with van der Waals surface area (Å²) in [6.07, 6.45) is 8.44. The zero-order valence-corrected chi connectivity index (χ0v) is 9.28. The van der Waals surface area contributed by atoms with E-state index >= 15 is 0 Å². The van der Waals surface area contributed by atoms with Gasteiger partial charge in [-0.1, -0.05) is 25.0 Å². The Hall–Kier alpha value is -0.830. The number of hydrogen-bond acceptors (Lipinski definition) is 2. The van der Waals surface area contributed by atoms with E-state index in [1.165, 1.54) is 12.8 Å². The fourth-order valence-electron chi connectivity index (χ4n) is 2.18. The molecule has 84 valence electrons. The molecular formula is C12H20N2O. The zero-order chi connectivity index (χ0) is 10.8. The first-order chi connectivity index (χ1) is 7.15. The van der Waals surface area contributed by atoms with E-state index in [0.29, 0.717) is 6.04 Å². The van der Waals surface area contributed by atoms with Gasteiger partial charge < -0.3 is 11.1 Å². The summed E-state index contributed by atoms with van der Waals surface area (Å²) in [5.41, 5.74) is 5.72. The quantitative estimate of drug-likeness (QED) is 0.682.